The maximum absolute atomic E-state index is 11.6. The molecule has 4 nitrogen and oxygen atoms in total. The van der Waals surface area contributed by atoms with Crippen LogP contribution in [0.15, 0.2) is 17.8 Å². The molecule has 0 aliphatic rings. The second-order valence-corrected chi connectivity index (χ2v) is 7.07. The Morgan fingerprint density at radius 1 is 1.71 bits per heavy atom. The molecular formula is C10H15ClN2O2S2. The quantitative estimate of drug-likeness (QED) is 0.876. The molecule has 1 rings (SSSR count). The molecular weight excluding hydrogens is 280 g/mol. The summed E-state index contributed by atoms with van der Waals surface area (Å²) in [6, 6.07) is -0.346. The summed E-state index contributed by atoms with van der Waals surface area (Å²) in [5.74, 6) is -0.273. The van der Waals surface area contributed by atoms with Crippen LogP contribution in [0.4, 0.5) is 0 Å². The summed E-state index contributed by atoms with van der Waals surface area (Å²) < 4.78 is 25.8. The lowest BCUT2D eigenvalue weighted by Gasteiger charge is -2.11. The van der Waals surface area contributed by atoms with Crippen molar-refractivity contribution in [3.05, 3.63) is 27.7 Å². The van der Waals surface area contributed by atoms with Crippen LogP contribution >= 0.6 is 22.9 Å². The van der Waals surface area contributed by atoms with Gasteiger partial charge in [-0.05, 0) is 13.3 Å². The normalized spacial score (nSPS) is 13.6. The number of halogens is 1. The highest BCUT2D eigenvalue weighted by Crippen LogP contribution is 2.21. The zero-order valence-corrected chi connectivity index (χ0v) is 12.1. The second kappa shape index (κ2) is 5.95. The summed E-state index contributed by atoms with van der Waals surface area (Å²) in [6.07, 6.45) is 2.67. The molecule has 1 N–H and O–H groups in total. The largest absolute Gasteiger partial charge is 0.248 e. The smallest absolute Gasteiger partial charge is 0.217 e. The van der Waals surface area contributed by atoms with Crippen LogP contribution in [0.1, 0.15) is 29.8 Å². The Labute approximate surface area is 111 Å². The third-order valence-electron chi connectivity index (χ3n) is 1.99. The van der Waals surface area contributed by atoms with Gasteiger partial charge in [-0.2, -0.15) is 0 Å². The fraction of sp³-hybridized carbons (Fsp3) is 0.500. The SMILES string of the molecule is C=C(Cl)CS(=O)(=O)N[C@H](C)c1ncc(CC)s1. The minimum absolute atomic E-state index is 0.0954. The van der Waals surface area contributed by atoms with Crippen molar-refractivity contribution in [1.82, 2.24) is 9.71 Å². The Hall–Kier alpha value is -0.430. The Bertz CT molecular complexity index is 496. The molecule has 1 aromatic heterocycles. The predicted molar refractivity (Wildman–Crippen MR) is 71.8 cm³/mol. The highest BCUT2D eigenvalue weighted by Gasteiger charge is 2.18. The first-order valence-electron chi connectivity index (χ1n) is 5.12. The van der Waals surface area contributed by atoms with E-state index in [1.165, 1.54) is 11.3 Å². The van der Waals surface area contributed by atoms with Gasteiger partial charge in [-0.1, -0.05) is 25.1 Å². The lowest BCUT2D eigenvalue weighted by molar-refractivity contribution is 0.569. The van der Waals surface area contributed by atoms with E-state index in [-0.39, 0.29) is 16.8 Å². The molecule has 0 fully saturated rings. The van der Waals surface area contributed by atoms with Gasteiger partial charge in [0.1, 0.15) is 5.01 Å². The van der Waals surface area contributed by atoms with Gasteiger partial charge in [0, 0.05) is 16.1 Å². The van der Waals surface area contributed by atoms with E-state index in [2.05, 4.69) is 16.3 Å². The number of rotatable bonds is 6. The number of sulfonamides is 1. The van der Waals surface area contributed by atoms with Crippen molar-refractivity contribution in [3.63, 3.8) is 0 Å². The van der Waals surface area contributed by atoms with Gasteiger partial charge in [-0.25, -0.2) is 18.1 Å². The van der Waals surface area contributed by atoms with Gasteiger partial charge in [0.2, 0.25) is 10.0 Å². The molecule has 0 saturated carbocycles. The maximum Gasteiger partial charge on any atom is 0.217 e. The minimum atomic E-state index is -3.44. The van der Waals surface area contributed by atoms with Crippen LogP contribution in [0.3, 0.4) is 0 Å². The van der Waals surface area contributed by atoms with Crippen LogP contribution in [0.2, 0.25) is 0 Å². The number of aryl methyl sites for hydroxylation is 1. The topological polar surface area (TPSA) is 59.1 Å². The van der Waals surface area contributed by atoms with Gasteiger partial charge in [-0.3, -0.25) is 0 Å². The van der Waals surface area contributed by atoms with Crippen LogP contribution in [0, 0.1) is 0 Å². The molecule has 0 aliphatic carbocycles. The van der Waals surface area contributed by atoms with Gasteiger partial charge in [0.25, 0.3) is 0 Å². The van der Waals surface area contributed by atoms with Gasteiger partial charge in [0.05, 0.1) is 11.8 Å². The van der Waals surface area contributed by atoms with E-state index in [0.29, 0.717) is 0 Å². The van der Waals surface area contributed by atoms with E-state index >= 15 is 0 Å². The summed E-state index contributed by atoms with van der Waals surface area (Å²) >= 11 is 7.00. The first-order chi connectivity index (χ1) is 7.84. The molecule has 0 bridgehead atoms. The summed E-state index contributed by atoms with van der Waals surface area (Å²) in [5.41, 5.74) is 0. The molecule has 96 valence electrons. The molecule has 1 atom stereocenters. The molecule has 0 radical (unpaired) electrons. The Morgan fingerprint density at radius 3 is 2.82 bits per heavy atom. The third kappa shape index (κ3) is 4.75. The monoisotopic (exact) mass is 294 g/mol. The Morgan fingerprint density at radius 2 is 2.35 bits per heavy atom. The molecule has 0 spiro atoms. The van der Waals surface area contributed by atoms with Crippen LogP contribution < -0.4 is 4.72 Å². The lowest BCUT2D eigenvalue weighted by atomic mass is 10.4. The number of hydrogen-bond acceptors (Lipinski definition) is 4. The second-order valence-electron chi connectivity index (χ2n) is 3.63. The average molecular weight is 295 g/mol. The van der Waals surface area contributed by atoms with Crippen molar-refractivity contribution in [3.8, 4) is 0 Å². The third-order valence-corrected chi connectivity index (χ3v) is 5.05. The molecule has 1 aromatic rings. The summed E-state index contributed by atoms with van der Waals surface area (Å²) in [4.78, 5) is 5.32. The zero-order valence-electron chi connectivity index (χ0n) is 9.73. The lowest BCUT2D eigenvalue weighted by Crippen LogP contribution is -2.29. The molecule has 17 heavy (non-hydrogen) atoms. The first-order valence-corrected chi connectivity index (χ1v) is 7.96. The van der Waals surface area contributed by atoms with E-state index in [4.69, 9.17) is 11.6 Å². The van der Waals surface area contributed by atoms with E-state index in [0.717, 1.165) is 16.3 Å². The number of nitrogens with zero attached hydrogens (tertiary/aromatic N) is 1. The first kappa shape index (κ1) is 14.6. The molecule has 7 heteroatoms. The van der Waals surface area contributed by atoms with Crippen molar-refractivity contribution < 1.29 is 8.42 Å². The van der Waals surface area contributed by atoms with Crippen molar-refractivity contribution in [1.29, 1.82) is 0 Å². The fourth-order valence-electron chi connectivity index (χ4n) is 1.25. The van der Waals surface area contributed by atoms with E-state index in [1.54, 1.807) is 13.1 Å². The van der Waals surface area contributed by atoms with Crippen molar-refractivity contribution >= 4 is 33.0 Å². The van der Waals surface area contributed by atoms with Gasteiger partial charge in [0.15, 0.2) is 0 Å². The van der Waals surface area contributed by atoms with Gasteiger partial charge in [-0.15, -0.1) is 11.3 Å². The highest BCUT2D eigenvalue weighted by molar-refractivity contribution is 7.89. The zero-order chi connectivity index (χ0) is 13.1. The maximum atomic E-state index is 11.6. The van der Waals surface area contributed by atoms with E-state index in [9.17, 15) is 8.42 Å². The van der Waals surface area contributed by atoms with Crippen molar-refractivity contribution in [2.24, 2.45) is 0 Å². The molecule has 0 unspecified atom stereocenters. The number of hydrogen-bond donors (Lipinski definition) is 1. The van der Waals surface area contributed by atoms with Crippen LogP contribution in [0.25, 0.3) is 0 Å². The highest BCUT2D eigenvalue weighted by atomic mass is 35.5. The molecule has 0 aliphatic heterocycles. The molecule has 0 saturated heterocycles. The minimum Gasteiger partial charge on any atom is -0.248 e. The van der Waals surface area contributed by atoms with Crippen LogP contribution in [-0.2, 0) is 16.4 Å². The summed E-state index contributed by atoms with van der Waals surface area (Å²) in [7, 11) is -3.44. The molecule has 0 aromatic carbocycles. The number of nitrogens with one attached hydrogen (secondary N) is 1. The predicted octanol–water partition coefficient (Wildman–Crippen LogP) is 2.44. The van der Waals surface area contributed by atoms with Gasteiger partial charge >= 0.3 is 0 Å². The molecule has 1 heterocycles. The van der Waals surface area contributed by atoms with Crippen LogP contribution in [0.5, 0.6) is 0 Å². The van der Waals surface area contributed by atoms with Gasteiger partial charge < -0.3 is 0 Å². The Balaban J connectivity index is 2.72. The van der Waals surface area contributed by atoms with E-state index < -0.39 is 10.0 Å². The van der Waals surface area contributed by atoms with Crippen LogP contribution in [-0.4, -0.2) is 19.2 Å². The Kier molecular flexibility index (Phi) is 5.12. The standard InChI is InChI=1S/C10H15ClN2O2S2/c1-4-9-5-12-10(16-9)8(3)13-17(14,15)6-7(2)11/h5,8,13H,2,4,6H2,1,3H3/t8-/m1/s1. The van der Waals surface area contributed by atoms with Crippen molar-refractivity contribution in [2.75, 3.05) is 5.75 Å². The van der Waals surface area contributed by atoms with Crippen molar-refractivity contribution in [2.45, 2.75) is 26.3 Å². The number of aromatic nitrogens is 1. The number of thiazole rings is 1. The average Bonchev–Trinajstić information content (AvgIpc) is 2.62. The summed E-state index contributed by atoms with van der Waals surface area (Å²) in [6.45, 7) is 7.16. The molecule has 0 amide bonds. The fourth-order valence-corrected chi connectivity index (χ4v) is 3.76. The van der Waals surface area contributed by atoms with E-state index in [1.807, 2.05) is 6.92 Å². The summed E-state index contributed by atoms with van der Waals surface area (Å²) in [5, 5.41) is 0.851.